The van der Waals surface area contributed by atoms with Crippen molar-refractivity contribution >= 4 is 17.4 Å². The summed E-state index contributed by atoms with van der Waals surface area (Å²) in [6.07, 6.45) is 6.12. The molecule has 1 heterocycles. The Bertz CT molecular complexity index is 607. The average molecular weight is 267 g/mol. The summed E-state index contributed by atoms with van der Waals surface area (Å²) in [7, 11) is 0. The third-order valence-corrected chi connectivity index (χ3v) is 5.22. The quantitative estimate of drug-likeness (QED) is 0.733. The summed E-state index contributed by atoms with van der Waals surface area (Å²) in [5.74, 6) is 0.684. The molecule has 0 radical (unpaired) electrons. The molecule has 1 aliphatic heterocycles. The minimum Gasteiger partial charge on any atom is -0.312 e. The van der Waals surface area contributed by atoms with Crippen molar-refractivity contribution in [3.05, 3.63) is 42.5 Å². The fourth-order valence-corrected chi connectivity index (χ4v) is 4.12. The van der Waals surface area contributed by atoms with Crippen molar-refractivity contribution in [1.82, 2.24) is 0 Å². The first kappa shape index (κ1) is 11.9. The van der Waals surface area contributed by atoms with Crippen LogP contribution in [0.2, 0.25) is 0 Å². The smallest absolute Gasteiger partial charge is 0.233 e. The number of amides is 1. The van der Waals surface area contributed by atoms with E-state index in [-0.39, 0.29) is 23.2 Å². The number of ketones is 1. The molecule has 0 aromatic heterocycles. The highest BCUT2D eigenvalue weighted by Gasteiger charge is 2.58. The number of anilines is 1. The topological polar surface area (TPSA) is 37.4 Å². The second-order valence-electron chi connectivity index (χ2n) is 6.22. The monoisotopic (exact) mass is 267 g/mol. The summed E-state index contributed by atoms with van der Waals surface area (Å²) < 4.78 is 0. The molecule has 1 spiro atoms. The average Bonchev–Trinajstić information content (AvgIpc) is 2.74. The van der Waals surface area contributed by atoms with Crippen molar-refractivity contribution < 1.29 is 9.59 Å². The maximum atomic E-state index is 13.0. The Morgan fingerprint density at radius 1 is 1.15 bits per heavy atom. The van der Waals surface area contributed by atoms with Gasteiger partial charge in [-0.15, -0.1) is 0 Å². The van der Waals surface area contributed by atoms with Gasteiger partial charge in [-0.2, -0.15) is 0 Å². The summed E-state index contributed by atoms with van der Waals surface area (Å²) >= 11 is 0. The normalized spacial score (nSPS) is 35.3. The van der Waals surface area contributed by atoms with E-state index >= 15 is 0 Å². The van der Waals surface area contributed by atoms with E-state index in [1.807, 2.05) is 47.4 Å². The van der Waals surface area contributed by atoms with E-state index in [9.17, 15) is 9.59 Å². The molecule has 1 amide bonds. The van der Waals surface area contributed by atoms with Crippen LogP contribution in [0, 0.1) is 17.3 Å². The summed E-state index contributed by atoms with van der Waals surface area (Å²) in [4.78, 5) is 27.0. The molecule has 3 heteroatoms. The second-order valence-corrected chi connectivity index (χ2v) is 6.22. The van der Waals surface area contributed by atoms with Crippen molar-refractivity contribution in [2.24, 2.45) is 17.3 Å². The third kappa shape index (κ3) is 1.46. The lowest BCUT2D eigenvalue weighted by Gasteiger charge is -2.41. The van der Waals surface area contributed by atoms with E-state index < -0.39 is 0 Å². The van der Waals surface area contributed by atoms with Crippen LogP contribution >= 0.6 is 0 Å². The van der Waals surface area contributed by atoms with Crippen LogP contribution in [-0.4, -0.2) is 18.2 Å². The zero-order valence-electron chi connectivity index (χ0n) is 11.3. The van der Waals surface area contributed by atoms with Crippen LogP contribution in [0.3, 0.4) is 0 Å². The minimum absolute atomic E-state index is 0.0281. The Balaban J connectivity index is 1.75. The van der Waals surface area contributed by atoms with Gasteiger partial charge < -0.3 is 4.90 Å². The van der Waals surface area contributed by atoms with E-state index in [2.05, 4.69) is 0 Å². The predicted octanol–water partition coefficient (Wildman–Crippen LogP) is 2.57. The van der Waals surface area contributed by atoms with Gasteiger partial charge in [-0.1, -0.05) is 30.4 Å². The Hall–Kier alpha value is -1.90. The Morgan fingerprint density at radius 3 is 2.75 bits per heavy atom. The number of rotatable bonds is 1. The molecule has 3 nitrogen and oxygen atoms in total. The first-order valence-electron chi connectivity index (χ1n) is 7.27. The predicted molar refractivity (Wildman–Crippen MR) is 76.2 cm³/mol. The standard InChI is InChI=1S/C17H17NO2/c19-15-9-13-11-18(14-6-2-1-3-7-14)16(20)17(13)8-4-5-12(15)10-17/h1-7,12-13H,8-11H2/t12-,13-,17-/m1/s1. The highest BCUT2D eigenvalue weighted by molar-refractivity contribution is 6.03. The Kier molecular flexibility index (Phi) is 2.40. The SMILES string of the molecule is O=C1C[C@@H]2CN(c3ccccc3)C(=O)[C@@]23CC=C[C@@H]1C3. The first-order chi connectivity index (χ1) is 9.71. The maximum absolute atomic E-state index is 13.0. The van der Waals surface area contributed by atoms with Crippen LogP contribution in [0.5, 0.6) is 0 Å². The van der Waals surface area contributed by atoms with Crippen LogP contribution in [0.1, 0.15) is 19.3 Å². The van der Waals surface area contributed by atoms with Gasteiger partial charge in [0.1, 0.15) is 5.78 Å². The number of carbonyl (C=O) groups excluding carboxylic acids is 2. The molecule has 1 saturated heterocycles. The first-order valence-corrected chi connectivity index (χ1v) is 7.27. The van der Waals surface area contributed by atoms with Crippen molar-refractivity contribution in [2.45, 2.75) is 19.3 Å². The lowest BCUT2D eigenvalue weighted by Crippen LogP contribution is -2.45. The molecule has 1 saturated carbocycles. The summed E-state index contributed by atoms with van der Waals surface area (Å²) in [6.45, 7) is 0.690. The number of fused-ring (bicyclic) bond motifs is 1. The van der Waals surface area contributed by atoms with Gasteiger partial charge in [-0.25, -0.2) is 0 Å². The van der Waals surface area contributed by atoms with Gasteiger partial charge in [0.2, 0.25) is 5.91 Å². The molecule has 1 aromatic carbocycles. The van der Waals surface area contributed by atoms with E-state index in [4.69, 9.17) is 0 Å². The molecular weight excluding hydrogens is 250 g/mol. The van der Waals surface area contributed by atoms with Gasteiger partial charge in [-0.3, -0.25) is 9.59 Å². The number of allylic oxidation sites excluding steroid dienone is 2. The number of carbonyl (C=O) groups is 2. The zero-order valence-corrected chi connectivity index (χ0v) is 11.3. The fourth-order valence-electron chi connectivity index (χ4n) is 4.12. The number of Topliss-reactive ketones (excluding diaryl/α,β-unsaturated/α-hetero) is 1. The fraction of sp³-hybridized carbons (Fsp3) is 0.412. The van der Waals surface area contributed by atoms with Crippen LogP contribution in [0.4, 0.5) is 5.69 Å². The molecule has 1 aromatic rings. The molecule has 4 rings (SSSR count). The second kappa shape index (κ2) is 4.05. The van der Waals surface area contributed by atoms with Crippen LogP contribution < -0.4 is 4.90 Å². The maximum Gasteiger partial charge on any atom is 0.233 e. The van der Waals surface area contributed by atoms with E-state index in [1.54, 1.807) is 0 Å². The zero-order chi connectivity index (χ0) is 13.7. The molecule has 3 atom stereocenters. The Morgan fingerprint density at radius 2 is 1.95 bits per heavy atom. The van der Waals surface area contributed by atoms with Gasteiger partial charge in [0.05, 0.1) is 5.41 Å². The number of nitrogens with zero attached hydrogens (tertiary/aromatic N) is 1. The minimum atomic E-state index is -0.316. The molecule has 0 N–H and O–H groups in total. The van der Waals surface area contributed by atoms with Crippen LogP contribution in [-0.2, 0) is 9.59 Å². The van der Waals surface area contributed by atoms with Crippen LogP contribution in [0.15, 0.2) is 42.5 Å². The molecule has 20 heavy (non-hydrogen) atoms. The molecule has 102 valence electrons. The van der Waals surface area contributed by atoms with Crippen LogP contribution in [0.25, 0.3) is 0 Å². The van der Waals surface area contributed by atoms with Gasteiger partial charge in [-0.05, 0) is 30.9 Å². The molecule has 3 aliphatic rings. The van der Waals surface area contributed by atoms with Gasteiger partial charge in [0, 0.05) is 24.6 Å². The van der Waals surface area contributed by atoms with E-state index in [0.29, 0.717) is 18.7 Å². The molecule has 0 unspecified atom stereocenters. The summed E-state index contributed by atoms with van der Waals surface area (Å²) in [6, 6.07) is 9.82. The lowest BCUT2D eigenvalue weighted by molar-refractivity contribution is -0.135. The van der Waals surface area contributed by atoms with E-state index in [1.165, 1.54) is 0 Å². The van der Waals surface area contributed by atoms with Gasteiger partial charge in [0.25, 0.3) is 0 Å². The molecule has 2 fully saturated rings. The highest BCUT2D eigenvalue weighted by Crippen LogP contribution is 2.53. The number of para-hydroxylation sites is 1. The van der Waals surface area contributed by atoms with Gasteiger partial charge in [0.15, 0.2) is 0 Å². The van der Waals surface area contributed by atoms with Crippen molar-refractivity contribution in [3.8, 4) is 0 Å². The van der Waals surface area contributed by atoms with E-state index in [0.717, 1.165) is 18.5 Å². The number of hydrogen-bond acceptors (Lipinski definition) is 2. The largest absolute Gasteiger partial charge is 0.312 e. The number of benzene rings is 1. The van der Waals surface area contributed by atoms with Crippen molar-refractivity contribution in [3.63, 3.8) is 0 Å². The summed E-state index contributed by atoms with van der Waals surface area (Å²) in [5, 5.41) is 0. The lowest BCUT2D eigenvalue weighted by atomic mass is 9.60. The molecule has 2 bridgehead atoms. The third-order valence-electron chi connectivity index (χ3n) is 5.22. The molecule has 2 aliphatic carbocycles. The van der Waals surface area contributed by atoms with Crippen molar-refractivity contribution in [2.75, 3.05) is 11.4 Å². The molecular formula is C17H17NO2. The van der Waals surface area contributed by atoms with Gasteiger partial charge >= 0.3 is 0 Å². The van der Waals surface area contributed by atoms with Crippen molar-refractivity contribution in [1.29, 1.82) is 0 Å². The summed E-state index contributed by atoms with van der Waals surface area (Å²) in [5.41, 5.74) is 0.642. The highest BCUT2D eigenvalue weighted by atomic mass is 16.2. The number of hydrogen-bond donors (Lipinski definition) is 0. The Labute approximate surface area is 118 Å².